The minimum absolute atomic E-state index is 0.0216. The summed E-state index contributed by atoms with van der Waals surface area (Å²) in [7, 11) is 0. The molecule has 4 rings (SSSR count). The van der Waals surface area contributed by atoms with Crippen molar-refractivity contribution in [3.8, 4) is 0 Å². The van der Waals surface area contributed by atoms with Gasteiger partial charge in [0.2, 0.25) is 0 Å². The first-order chi connectivity index (χ1) is 12.7. The topological polar surface area (TPSA) is 45.2 Å². The Morgan fingerprint density at radius 2 is 1.85 bits per heavy atom. The van der Waals surface area contributed by atoms with E-state index in [9.17, 15) is 4.39 Å². The van der Waals surface area contributed by atoms with Crippen LogP contribution in [-0.4, -0.2) is 34.6 Å². The normalized spacial score (nSPS) is 17.4. The Hall–Kier alpha value is -2.73. The second kappa shape index (κ2) is 7.25. The van der Waals surface area contributed by atoms with Gasteiger partial charge in [0.05, 0.1) is 17.3 Å². The molecule has 5 nitrogen and oxygen atoms in total. The summed E-state index contributed by atoms with van der Waals surface area (Å²) in [4.78, 5) is 17.2. The maximum absolute atomic E-state index is 13.6. The number of aromatic nitrogens is 3. The van der Waals surface area contributed by atoms with Crippen molar-refractivity contribution in [3.63, 3.8) is 0 Å². The van der Waals surface area contributed by atoms with E-state index in [1.54, 1.807) is 43.1 Å². The molecule has 1 atom stereocenters. The highest BCUT2D eigenvalue weighted by Crippen LogP contribution is 2.32. The van der Waals surface area contributed by atoms with Crippen molar-refractivity contribution in [1.82, 2.24) is 15.0 Å². The van der Waals surface area contributed by atoms with Crippen molar-refractivity contribution in [2.24, 2.45) is 0 Å². The summed E-state index contributed by atoms with van der Waals surface area (Å²) >= 11 is 6.04. The van der Waals surface area contributed by atoms with E-state index in [-0.39, 0.29) is 11.1 Å². The Kier molecular flexibility index (Phi) is 4.67. The summed E-state index contributed by atoms with van der Waals surface area (Å²) in [5, 5.41) is 0.127. The summed E-state index contributed by atoms with van der Waals surface area (Å²) in [6.07, 6.45) is 8.66. The molecular weight excluding hydrogens is 353 g/mol. The number of nitrogens with zero attached hydrogens (tertiary/aromatic N) is 5. The van der Waals surface area contributed by atoms with Crippen LogP contribution in [0.5, 0.6) is 0 Å². The second-order valence-corrected chi connectivity index (χ2v) is 6.50. The zero-order valence-electron chi connectivity index (χ0n) is 14.0. The third-order valence-electron chi connectivity index (χ3n) is 4.58. The lowest BCUT2D eigenvalue weighted by Crippen LogP contribution is -2.49. The highest BCUT2D eigenvalue weighted by molar-refractivity contribution is 6.30. The molecule has 0 N–H and O–H groups in total. The zero-order valence-corrected chi connectivity index (χ0v) is 14.7. The third-order valence-corrected chi connectivity index (χ3v) is 4.87. The molecule has 0 bridgehead atoms. The van der Waals surface area contributed by atoms with E-state index in [0.717, 1.165) is 36.7 Å². The molecular formula is C19H17ClFN5. The monoisotopic (exact) mass is 369 g/mol. The van der Waals surface area contributed by atoms with E-state index in [1.165, 1.54) is 6.07 Å². The maximum Gasteiger partial charge on any atom is 0.147 e. The van der Waals surface area contributed by atoms with Gasteiger partial charge in [-0.25, -0.2) is 9.37 Å². The van der Waals surface area contributed by atoms with E-state index in [0.29, 0.717) is 0 Å². The molecule has 26 heavy (non-hydrogen) atoms. The van der Waals surface area contributed by atoms with E-state index in [2.05, 4.69) is 24.8 Å². The van der Waals surface area contributed by atoms with Crippen molar-refractivity contribution in [3.05, 3.63) is 77.7 Å². The second-order valence-electron chi connectivity index (χ2n) is 6.10. The van der Waals surface area contributed by atoms with Gasteiger partial charge in [0.1, 0.15) is 11.6 Å². The van der Waals surface area contributed by atoms with Gasteiger partial charge >= 0.3 is 0 Å². The zero-order chi connectivity index (χ0) is 17.9. The Morgan fingerprint density at radius 1 is 1.00 bits per heavy atom. The van der Waals surface area contributed by atoms with Crippen LogP contribution in [0.15, 0.2) is 61.3 Å². The molecule has 1 aromatic carbocycles. The molecule has 1 saturated heterocycles. The van der Waals surface area contributed by atoms with Crippen LogP contribution in [-0.2, 0) is 0 Å². The summed E-state index contributed by atoms with van der Waals surface area (Å²) < 4.78 is 13.6. The summed E-state index contributed by atoms with van der Waals surface area (Å²) in [6.45, 7) is 2.33. The number of pyridine rings is 1. The predicted octanol–water partition coefficient (Wildman–Crippen LogP) is 3.73. The van der Waals surface area contributed by atoms with Gasteiger partial charge in [-0.15, -0.1) is 0 Å². The molecule has 3 aromatic rings. The number of halogens is 2. The molecule has 0 aliphatic carbocycles. The minimum Gasteiger partial charge on any atom is -0.367 e. The van der Waals surface area contributed by atoms with Crippen molar-refractivity contribution in [1.29, 1.82) is 0 Å². The van der Waals surface area contributed by atoms with Crippen LogP contribution in [0.3, 0.4) is 0 Å². The third kappa shape index (κ3) is 3.32. The van der Waals surface area contributed by atoms with Gasteiger partial charge in [-0.1, -0.05) is 17.7 Å². The summed E-state index contributed by atoms with van der Waals surface area (Å²) in [5.41, 5.74) is 2.05. The van der Waals surface area contributed by atoms with Crippen LogP contribution in [0, 0.1) is 5.82 Å². The summed E-state index contributed by atoms with van der Waals surface area (Å²) in [6, 6.07) is 8.86. The number of anilines is 2. The molecule has 1 unspecified atom stereocenters. The van der Waals surface area contributed by atoms with Crippen LogP contribution in [0.2, 0.25) is 5.02 Å². The van der Waals surface area contributed by atoms with E-state index in [1.807, 2.05) is 12.1 Å². The van der Waals surface area contributed by atoms with E-state index in [4.69, 9.17) is 11.6 Å². The molecule has 2 aromatic heterocycles. The van der Waals surface area contributed by atoms with Gasteiger partial charge in [0.15, 0.2) is 0 Å². The molecule has 0 radical (unpaired) electrons. The van der Waals surface area contributed by atoms with Gasteiger partial charge in [0.25, 0.3) is 0 Å². The lowest BCUT2D eigenvalue weighted by Gasteiger charge is -2.43. The SMILES string of the molecule is Fc1ccc(C2CN(c3ccncc3)CCN2c2cnccn2)cc1Cl. The van der Waals surface area contributed by atoms with Gasteiger partial charge in [-0.05, 0) is 29.8 Å². The standard InChI is InChI=1S/C19H17ClFN5/c20-16-11-14(1-2-17(16)21)18-13-25(15-3-5-22-6-4-15)9-10-26(18)19-12-23-7-8-24-19/h1-8,11-12,18H,9-10,13H2. The Balaban J connectivity index is 1.70. The van der Waals surface area contributed by atoms with Crippen LogP contribution in [0.25, 0.3) is 0 Å². The molecule has 0 amide bonds. The number of rotatable bonds is 3. The van der Waals surface area contributed by atoms with Gasteiger partial charge < -0.3 is 9.80 Å². The fourth-order valence-electron chi connectivity index (χ4n) is 3.29. The van der Waals surface area contributed by atoms with Gasteiger partial charge in [0, 0.05) is 50.1 Å². The quantitative estimate of drug-likeness (QED) is 0.704. The van der Waals surface area contributed by atoms with Crippen molar-refractivity contribution in [2.45, 2.75) is 6.04 Å². The summed E-state index contributed by atoms with van der Waals surface area (Å²) in [5.74, 6) is 0.385. The first-order valence-corrected chi connectivity index (χ1v) is 8.73. The average Bonchev–Trinajstić information content (AvgIpc) is 2.71. The largest absolute Gasteiger partial charge is 0.367 e. The first-order valence-electron chi connectivity index (χ1n) is 8.35. The molecule has 7 heteroatoms. The Morgan fingerprint density at radius 3 is 2.58 bits per heavy atom. The van der Waals surface area contributed by atoms with Crippen molar-refractivity contribution >= 4 is 23.1 Å². The fraction of sp³-hybridized carbons (Fsp3) is 0.211. The van der Waals surface area contributed by atoms with Gasteiger partial charge in [-0.3, -0.25) is 9.97 Å². The molecule has 1 aliphatic rings. The average molecular weight is 370 g/mol. The van der Waals surface area contributed by atoms with Crippen LogP contribution >= 0.6 is 11.6 Å². The smallest absolute Gasteiger partial charge is 0.147 e. The first kappa shape index (κ1) is 16.7. The molecule has 0 spiro atoms. The van der Waals surface area contributed by atoms with Crippen LogP contribution in [0.4, 0.5) is 15.9 Å². The number of piperazine rings is 1. The number of benzene rings is 1. The minimum atomic E-state index is -0.414. The van der Waals surface area contributed by atoms with Gasteiger partial charge in [-0.2, -0.15) is 0 Å². The lowest BCUT2D eigenvalue weighted by molar-refractivity contribution is 0.532. The predicted molar refractivity (Wildman–Crippen MR) is 100.0 cm³/mol. The van der Waals surface area contributed by atoms with E-state index >= 15 is 0 Å². The van der Waals surface area contributed by atoms with Crippen molar-refractivity contribution in [2.75, 3.05) is 29.4 Å². The molecule has 132 valence electrons. The van der Waals surface area contributed by atoms with E-state index < -0.39 is 5.82 Å². The number of hydrogen-bond donors (Lipinski definition) is 0. The molecule has 0 saturated carbocycles. The molecule has 1 aliphatic heterocycles. The van der Waals surface area contributed by atoms with Crippen LogP contribution < -0.4 is 9.80 Å². The lowest BCUT2D eigenvalue weighted by atomic mass is 10.0. The highest BCUT2D eigenvalue weighted by Gasteiger charge is 2.30. The highest BCUT2D eigenvalue weighted by atomic mass is 35.5. The molecule has 1 fully saturated rings. The van der Waals surface area contributed by atoms with Crippen molar-refractivity contribution < 1.29 is 4.39 Å². The fourth-order valence-corrected chi connectivity index (χ4v) is 3.48. The number of hydrogen-bond acceptors (Lipinski definition) is 5. The van der Waals surface area contributed by atoms with Crippen LogP contribution in [0.1, 0.15) is 11.6 Å². The molecule has 3 heterocycles. The Labute approximate surface area is 156 Å². The maximum atomic E-state index is 13.6. The Bertz CT molecular complexity index is 878.